The molecule has 0 fully saturated rings. The van der Waals surface area contributed by atoms with Crippen molar-refractivity contribution in [1.29, 1.82) is 0 Å². The van der Waals surface area contributed by atoms with Crippen molar-refractivity contribution in [1.82, 2.24) is 15.0 Å². The Bertz CT molecular complexity index is 575. The monoisotopic (exact) mass is 294 g/mol. The van der Waals surface area contributed by atoms with Crippen LogP contribution in [-0.2, 0) is 6.61 Å². The highest BCUT2D eigenvalue weighted by Crippen LogP contribution is 2.15. The molecule has 0 atom stereocenters. The van der Waals surface area contributed by atoms with Crippen molar-refractivity contribution < 1.29 is 9.47 Å². The zero-order chi connectivity index (χ0) is 14.5. The highest BCUT2D eigenvalue weighted by atomic mass is 35.5. The quantitative estimate of drug-likeness (QED) is 0.912. The van der Waals surface area contributed by atoms with Gasteiger partial charge >= 0.3 is 12.0 Å². The van der Waals surface area contributed by atoms with E-state index in [0.29, 0.717) is 11.6 Å². The molecule has 2 rings (SSSR count). The molecule has 0 radical (unpaired) electrons. The third-order valence-electron chi connectivity index (χ3n) is 2.23. The minimum atomic E-state index is -0.0547. The maximum Gasteiger partial charge on any atom is 0.324 e. The summed E-state index contributed by atoms with van der Waals surface area (Å²) in [7, 11) is 0. The van der Waals surface area contributed by atoms with Gasteiger partial charge in [-0.25, -0.2) is 0 Å². The molecule has 2 N–H and O–H groups in total. The molecule has 7 heteroatoms. The van der Waals surface area contributed by atoms with E-state index in [1.165, 1.54) is 0 Å². The molecule has 0 saturated carbocycles. The Hall–Kier alpha value is -2.08. The van der Waals surface area contributed by atoms with Gasteiger partial charge < -0.3 is 15.2 Å². The second-order valence-electron chi connectivity index (χ2n) is 4.34. The lowest BCUT2D eigenvalue weighted by Gasteiger charge is -2.09. The van der Waals surface area contributed by atoms with Crippen molar-refractivity contribution in [2.75, 3.05) is 5.73 Å². The first kappa shape index (κ1) is 14.3. The number of hydrogen-bond acceptors (Lipinski definition) is 6. The SMILES string of the molecule is CC(C)Oc1nc(N)nc(OCc2ccc(Cl)cc2)n1. The fourth-order valence-electron chi connectivity index (χ4n) is 1.41. The predicted molar refractivity (Wildman–Crippen MR) is 75.8 cm³/mol. The number of nitrogen functional groups attached to an aromatic ring is 1. The van der Waals surface area contributed by atoms with Gasteiger partial charge in [-0.15, -0.1) is 4.98 Å². The van der Waals surface area contributed by atoms with Crippen LogP contribution in [0.4, 0.5) is 5.95 Å². The molecule has 1 heterocycles. The van der Waals surface area contributed by atoms with E-state index in [0.717, 1.165) is 5.56 Å². The molecule has 1 aromatic heterocycles. The van der Waals surface area contributed by atoms with E-state index < -0.39 is 0 Å². The number of nitrogens with zero attached hydrogens (tertiary/aromatic N) is 3. The maximum atomic E-state index is 5.81. The van der Waals surface area contributed by atoms with Crippen molar-refractivity contribution >= 4 is 17.5 Å². The van der Waals surface area contributed by atoms with Crippen molar-refractivity contribution in [3.05, 3.63) is 34.9 Å². The van der Waals surface area contributed by atoms with E-state index in [-0.39, 0.29) is 24.1 Å². The first-order valence-electron chi connectivity index (χ1n) is 6.08. The summed E-state index contributed by atoms with van der Waals surface area (Å²) in [6, 6.07) is 7.57. The van der Waals surface area contributed by atoms with Crippen LogP contribution in [0.2, 0.25) is 5.02 Å². The maximum absolute atomic E-state index is 5.81. The van der Waals surface area contributed by atoms with Crippen LogP contribution in [0.3, 0.4) is 0 Å². The van der Waals surface area contributed by atoms with Crippen LogP contribution in [0.25, 0.3) is 0 Å². The van der Waals surface area contributed by atoms with Gasteiger partial charge in [0.15, 0.2) is 0 Å². The molecular formula is C13H15ClN4O2. The normalized spacial score (nSPS) is 10.6. The van der Waals surface area contributed by atoms with Crippen molar-refractivity contribution in [2.24, 2.45) is 0 Å². The van der Waals surface area contributed by atoms with E-state index in [9.17, 15) is 0 Å². The lowest BCUT2D eigenvalue weighted by Crippen LogP contribution is -2.11. The molecule has 0 aliphatic carbocycles. The first-order valence-corrected chi connectivity index (χ1v) is 6.46. The number of rotatable bonds is 5. The van der Waals surface area contributed by atoms with Gasteiger partial charge in [-0.2, -0.15) is 9.97 Å². The van der Waals surface area contributed by atoms with Crippen LogP contribution < -0.4 is 15.2 Å². The average Bonchev–Trinajstić information content (AvgIpc) is 2.36. The Labute approximate surface area is 121 Å². The third-order valence-corrected chi connectivity index (χ3v) is 2.49. The highest BCUT2D eigenvalue weighted by Gasteiger charge is 2.08. The summed E-state index contributed by atoms with van der Waals surface area (Å²) in [6.45, 7) is 4.05. The summed E-state index contributed by atoms with van der Waals surface area (Å²) in [5.74, 6) is 0.0572. The number of aromatic nitrogens is 3. The Kier molecular flexibility index (Phi) is 4.57. The fraction of sp³-hybridized carbons (Fsp3) is 0.308. The van der Waals surface area contributed by atoms with Gasteiger partial charge in [0.05, 0.1) is 6.10 Å². The Morgan fingerprint density at radius 2 is 1.75 bits per heavy atom. The predicted octanol–water partition coefficient (Wildman–Crippen LogP) is 2.47. The van der Waals surface area contributed by atoms with Gasteiger partial charge in [0.25, 0.3) is 0 Å². The molecule has 0 spiro atoms. The second-order valence-corrected chi connectivity index (χ2v) is 4.78. The lowest BCUT2D eigenvalue weighted by atomic mass is 10.2. The average molecular weight is 295 g/mol. The van der Waals surface area contributed by atoms with Gasteiger partial charge in [-0.05, 0) is 31.5 Å². The Balaban J connectivity index is 2.05. The molecule has 0 aliphatic rings. The molecule has 6 nitrogen and oxygen atoms in total. The second kappa shape index (κ2) is 6.38. The number of ether oxygens (including phenoxy) is 2. The first-order chi connectivity index (χ1) is 9.52. The lowest BCUT2D eigenvalue weighted by molar-refractivity contribution is 0.212. The van der Waals surface area contributed by atoms with Crippen LogP contribution in [0.15, 0.2) is 24.3 Å². The summed E-state index contributed by atoms with van der Waals surface area (Å²) < 4.78 is 10.8. The summed E-state index contributed by atoms with van der Waals surface area (Å²) in [5.41, 5.74) is 6.53. The molecule has 0 bridgehead atoms. The molecule has 0 aliphatic heterocycles. The van der Waals surface area contributed by atoms with Crippen LogP contribution in [-0.4, -0.2) is 21.1 Å². The molecule has 0 saturated heterocycles. The Morgan fingerprint density at radius 1 is 1.10 bits per heavy atom. The van der Waals surface area contributed by atoms with Crippen molar-refractivity contribution in [2.45, 2.75) is 26.6 Å². The molecule has 20 heavy (non-hydrogen) atoms. The van der Waals surface area contributed by atoms with E-state index in [2.05, 4.69) is 15.0 Å². The highest BCUT2D eigenvalue weighted by molar-refractivity contribution is 6.30. The minimum Gasteiger partial charge on any atom is -0.461 e. The molecule has 2 aromatic rings. The van der Waals surface area contributed by atoms with Crippen LogP contribution in [0.1, 0.15) is 19.4 Å². The summed E-state index contributed by atoms with van der Waals surface area (Å²) in [4.78, 5) is 11.8. The molecule has 106 valence electrons. The topological polar surface area (TPSA) is 83.2 Å². The van der Waals surface area contributed by atoms with Crippen LogP contribution in [0.5, 0.6) is 12.0 Å². The third kappa shape index (κ3) is 4.24. The van der Waals surface area contributed by atoms with Gasteiger partial charge in [-0.3, -0.25) is 0 Å². The number of anilines is 1. The largest absolute Gasteiger partial charge is 0.461 e. The number of benzene rings is 1. The standard InChI is InChI=1S/C13H15ClN4O2/c1-8(2)20-13-17-11(15)16-12(18-13)19-7-9-3-5-10(14)6-4-9/h3-6,8H,7H2,1-2H3,(H2,15,16,17,18). The number of hydrogen-bond donors (Lipinski definition) is 1. The van der Waals surface area contributed by atoms with Gasteiger partial charge in [0.2, 0.25) is 5.95 Å². The van der Waals surface area contributed by atoms with Crippen molar-refractivity contribution in [3.8, 4) is 12.0 Å². The summed E-state index contributed by atoms with van der Waals surface area (Å²) in [5, 5.41) is 0.672. The zero-order valence-electron chi connectivity index (χ0n) is 11.2. The minimum absolute atomic E-state index is 0.0547. The molecular weight excluding hydrogens is 280 g/mol. The van der Waals surface area contributed by atoms with Gasteiger partial charge in [0.1, 0.15) is 6.61 Å². The summed E-state index contributed by atoms with van der Waals surface area (Å²) in [6.07, 6.45) is -0.0547. The van der Waals surface area contributed by atoms with Gasteiger partial charge in [-0.1, -0.05) is 23.7 Å². The molecule has 0 amide bonds. The van der Waals surface area contributed by atoms with E-state index in [1.807, 2.05) is 26.0 Å². The van der Waals surface area contributed by atoms with E-state index in [1.54, 1.807) is 12.1 Å². The zero-order valence-corrected chi connectivity index (χ0v) is 12.0. The van der Waals surface area contributed by atoms with Crippen LogP contribution >= 0.6 is 11.6 Å². The van der Waals surface area contributed by atoms with Crippen molar-refractivity contribution in [3.63, 3.8) is 0 Å². The van der Waals surface area contributed by atoms with E-state index >= 15 is 0 Å². The van der Waals surface area contributed by atoms with Crippen LogP contribution in [0, 0.1) is 0 Å². The number of nitrogens with two attached hydrogens (primary N) is 1. The number of halogens is 1. The fourth-order valence-corrected chi connectivity index (χ4v) is 1.54. The van der Waals surface area contributed by atoms with Gasteiger partial charge in [0, 0.05) is 5.02 Å². The molecule has 1 aromatic carbocycles. The Morgan fingerprint density at radius 3 is 2.40 bits per heavy atom. The summed E-state index contributed by atoms with van der Waals surface area (Å²) >= 11 is 5.81. The van der Waals surface area contributed by atoms with E-state index in [4.69, 9.17) is 26.8 Å². The molecule has 0 unspecified atom stereocenters. The smallest absolute Gasteiger partial charge is 0.324 e.